The zero-order valence-corrected chi connectivity index (χ0v) is 20.0. The van der Waals surface area contributed by atoms with Gasteiger partial charge in [-0.2, -0.15) is 0 Å². The first-order valence-electron chi connectivity index (χ1n) is 10.4. The molecular weight excluding hydrogens is 440 g/mol. The van der Waals surface area contributed by atoms with Crippen molar-refractivity contribution in [1.29, 1.82) is 0 Å². The Morgan fingerprint density at radius 1 is 0.879 bits per heavy atom. The molecular formula is C25H28N2O5S. The lowest BCUT2D eigenvalue weighted by Gasteiger charge is -2.27. The van der Waals surface area contributed by atoms with Crippen LogP contribution in [-0.2, 0) is 21.4 Å². The van der Waals surface area contributed by atoms with E-state index in [1.807, 2.05) is 24.3 Å². The SMILES string of the molecule is COc1ccc(S(=O)(=O)N(CC(=O)N(C)Cc2ccccc2OC)c2ccccc2)cc1C. The molecule has 0 aliphatic heterocycles. The van der Waals surface area contributed by atoms with Crippen molar-refractivity contribution in [2.75, 3.05) is 32.1 Å². The number of aryl methyl sites for hydroxylation is 1. The van der Waals surface area contributed by atoms with Crippen molar-refractivity contribution in [1.82, 2.24) is 4.90 Å². The minimum absolute atomic E-state index is 0.0878. The van der Waals surface area contributed by atoms with Crippen LogP contribution in [0.4, 0.5) is 5.69 Å². The van der Waals surface area contributed by atoms with Gasteiger partial charge in [0, 0.05) is 19.2 Å². The molecule has 174 valence electrons. The molecule has 0 unspecified atom stereocenters. The molecule has 0 aliphatic rings. The molecule has 0 bridgehead atoms. The first kappa shape index (κ1) is 24.1. The van der Waals surface area contributed by atoms with Crippen molar-refractivity contribution in [3.8, 4) is 11.5 Å². The molecule has 0 heterocycles. The van der Waals surface area contributed by atoms with Crippen LogP contribution < -0.4 is 13.8 Å². The number of hydrogen-bond acceptors (Lipinski definition) is 5. The van der Waals surface area contributed by atoms with Crippen LogP contribution in [0, 0.1) is 6.92 Å². The zero-order chi connectivity index (χ0) is 24.0. The van der Waals surface area contributed by atoms with Crippen LogP contribution in [0.1, 0.15) is 11.1 Å². The average Bonchev–Trinajstić information content (AvgIpc) is 2.83. The first-order chi connectivity index (χ1) is 15.8. The number of nitrogens with zero attached hydrogens (tertiary/aromatic N) is 2. The third-order valence-electron chi connectivity index (χ3n) is 5.30. The van der Waals surface area contributed by atoms with Gasteiger partial charge in [-0.1, -0.05) is 36.4 Å². The van der Waals surface area contributed by atoms with E-state index in [1.54, 1.807) is 63.5 Å². The van der Waals surface area contributed by atoms with E-state index in [-0.39, 0.29) is 23.9 Å². The molecule has 0 N–H and O–H groups in total. The quantitative estimate of drug-likeness (QED) is 0.477. The largest absolute Gasteiger partial charge is 0.496 e. The lowest BCUT2D eigenvalue weighted by atomic mass is 10.2. The van der Waals surface area contributed by atoms with Gasteiger partial charge in [0.25, 0.3) is 10.0 Å². The van der Waals surface area contributed by atoms with Crippen LogP contribution in [-0.4, -0.2) is 47.0 Å². The Morgan fingerprint density at radius 3 is 2.15 bits per heavy atom. The molecule has 33 heavy (non-hydrogen) atoms. The van der Waals surface area contributed by atoms with E-state index in [4.69, 9.17) is 9.47 Å². The van der Waals surface area contributed by atoms with Gasteiger partial charge < -0.3 is 14.4 Å². The van der Waals surface area contributed by atoms with E-state index in [0.717, 1.165) is 9.87 Å². The number of para-hydroxylation sites is 2. The third-order valence-corrected chi connectivity index (χ3v) is 7.07. The van der Waals surface area contributed by atoms with Crippen molar-refractivity contribution < 1.29 is 22.7 Å². The predicted octanol–water partition coefficient (Wildman–Crippen LogP) is 3.87. The second-order valence-corrected chi connectivity index (χ2v) is 9.40. The Kier molecular flexibility index (Phi) is 7.60. The number of amides is 1. The number of benzene rings is 3. The summed E-state index contributed by atoms with van der Waals surface area (Å²) in [7, 11) is 0.732. The second-order valence-electron chi connectivity index (χ2n) is 7.54. The highest BCUT2D eigenvalue weighted by Gasteiger charge is 2.29. The van der Waals surface area contributed by atoms with Crippen molar-refractivity contribution in [3.63, 3.8) is 0 Å². The first-order valence-corrected chi connectivity index (χ1v) is 11.8. The number of rotatable bonds is 9. The highest BCUT2D eigenvalue weighted by Crippen LogP contribution is 2.27. The molecule has 3 rings (SSSR count). The Labute approximate surface area is 195 Å². The van der Waals surface area contributed by atoms with Crippen LogP contribution in [0.5, 0.6) is 11.5 Å². The highest BCUT2D eigenvalue weighted by molar-refractivity contribution is 7.92. The summed E-state index contributed by atoms with van der Waals surface area (Å²) in [5.41, 5.74) is 1.92. The maximum Gasteiger partial charge on any atom is 0.264 e. The van der Waals surface area contributed by atoms with Gasteiger partial charge >= 0.3 is 0 Å². The summed E-state index contributed by atoms with van der Waals surface area (Å²) in [6.07, 6.45) is 0. The molecule has 0 aromatic heterocycles. The molecule has 0 aliphatic carbocycles. The van der Waals surface area contributed by atoms with Crippen LogP contribution in [0.15, 0.2) is 77.7 Å². The standard InChI is InChI=1S/C25H28N2O5S/c1-19-16-22(14-15-23(19)31-3)33(29,30)27(21-11-6-5-7-12-21)18-25(28)26(2)17-20-10-8-9-13-24(20)32-4/h5-16H,17-18H2,1-4H3. The molecule has 0 spiro atoms. The lowest BCUT2D eigenvalue weighted by molar-refractivity contribution is -0.128. The van der Waals surface area contributed by atoms with Gasteiger partial charge in [0.05, 0.1) is 24.8 Å². The number of hydrogen-bond donors (Lipinski definition) is 0. The summed E-state index contributed by atoms with van der Waals surface area (Å²) in [4.78, 5) is 14.7. The van der Waals surface area contributed by atoms with Gasteiger partial charge in [-0.05, 0) is 48.9 Å². The van der Waals surface area contributed by atoms with Gasteiger partial charge in [-0.25, -0.2) is 8.42 Å². The number of methoxy groups -OCH3 is 2. The molecule has 0 radical (unpaired) electrons. The minimum Gasteiger partial charge on any atom is -0.496 e. The number of carbonyl (C=O) groups excluding carboxylic acids is 1. The van der Waals surface area contributed by atoms with Gasteiger partial charge in [0.2, 0.25) is 5.91 Å². The fraction of sp³-hybridized carbons (Fsp3) is 0.240. The van der Waals surface area contributed by atoms with Crippen LogP contribution in [0.3, 0.4) is 0 Å². The maximum absolute atomic E-state index is 13.6. The Balaban J connectivity index is 1.91. The van der Waals surface area contributed by atoms with Gasteiger partial charge in [0.15, 0.2) is 0 Å². The Hall–Kier alpha value is -3.52. The molecule has 0 fully saturated rings. The predicted molar refractivity (Wildman–Crippen MR) is 128 cm³/mol. The molecule has 3 aromatic rings. The number of likely N-dealkylation sites (N-methyl/N-ethyl adjacent to an activating group) is 1. The summed E-state index contributed by atoms with van der Waals surface area (Å²) >= 11 is 0. The maximum atomic E-state index is 13.6. The van der Waals surface area contributed by atoms with E-state index in [0.29, 0.717) is 22.7 Å². The summed E-state index contributed by atoms with van der Waals surface area (Å²) in [5.74, 6) is 0.907. The smallest absolute Gasteiger partial charge is 0.264 e. The van der Waals surface area contributed by atoms with E-state index in [1.165, 1.54) is 18.1 Å². The third kappa shape index (κ3) is 5.46. The molecule has 8 heteroatoms. The number of sulfonamides is 1. The Bertz CT molecular complexity index is 1210. The number of ether oxygens (including phenoxy) is 2. The lowest BCUT2D eigenvalue weighted by Crippen LogP contribution is -2.41. The molecule has 0 atom stereocenters. The summed E-state index contributed by atoms with van der Waals surface area (Å²) in [6.45, 7) is 1.72. The van der Waals surface area contributed by atoms with Crippen LogP contribution in [0.25, 0.3) is 0 Å². The molecule has 1 amide bonds. The summed E-state index contributed by atoms with van der Waals surface area (Å²) in [6, 6.07) is 20.7. The number of anilines is 1. The van der Waals surface area contributed by atoms with Crippen molar-refractivity contribution in [3.05, 3.63) is 83.9 Å². The van der Waals surface area contributed by atoms with Crippen molar-refractivity contribution >= 4 is 21.6 Å². The van der Waals surface area contributed by atoms with Crippen LogP contribution >= 0.6 is 0 Å². The molecule has 7 nitrogen and oxygen atoms in total. The van der Waals surface area contributed by atoms with E-state index < -0.39 is 10.0 Å². The minimum atomic E-state index is -4.01. The van der Waals surface area contributed by atoms with Gasteiger partial charge in [0.1, 0.15) is 18.0 Å². The normalized spacial score (nSPS) is 11.0. The fourth-order valence-electron chi connectivity index (χ4n) is 3.47. The van der Waals surface area contributed by atoms with Crippen molar-refractivity contribution in [2.45, 2.75) is 18.4 Å². The van der Waals surface area contributed by atoms with Gasteiger partial charge in [-0.15, -0.1) is 0 Å². The zero-order valence-electron chi connectivity index (χ0n) is 19.2. The second kappa shape index (κ2) is 10.4. The fourth-order valence-corrected chi connectivity index (χ4v) is 4.97. The van der Waals surface area contributed by atoms with Crippen LogP contribution in [0.2, 0.25) is 0 Å². The van der Waals surface area contributed by atoms with E-state index in [2.05, 4.69) is 0 Å². The molecule has 3 aromatic carbocycles. The van der Waals surface area contributed by atoms with Gasteiger partial charge in [-0.3, -0.25) is 9.10 Å². The topological polar surface area (TPSA) is 76.2 Å². The average molecular weight is 469 g/mol. The Morgan fingerprint density at radius 2 is 1.52 bits per heavy atom. The summed E-state index contributed by atoms with van der Waals surface area (Å²) < 4.78 is 38.9. The van der Waals surface area contributed by atoms with E-state index >= 15 is 0 Å². The van der Waals surface area contributed by atoms with E-state index in [9.17, 15) is 13.2 Å². The number of carbonyl (C=O) groups is 1. The van der Waals surface area contributed by atoms with Crippen molar-refractivity contribution in [2.24, 2.45) is 0 Å². The molecule has 0 saturated heterocycles. The highest BCUT2D eigenvalue weighted by atomic mass is 32.2. The molecule has 0 saturated carbocycles. The summed E-state index contributed by atoms with van der Waals surface area (Å²) in [5, 5.41) is 0. The monoisotopic (exact) mass is 468 g/mol.